The number of hydrogen-bond donors (Lipinski definition) is 1. The summed E-state index contributed by atoms with van der Waals surface area (Å²) in [5, 5.41) is 3.13. The Labute approximate surface area is 114 Å². The summed E-state index contributed by atoms with van der Waals surface area (Å²) in [6.45, 7) is 1.26. The van der Waals surface area contributed by atoms with E-state index >= 15 is 0 Å². The Kier molecular flexibility index (Phi) is 5.92. The van der Waals surface area contributed by atoms with Gasteiger partial charge in [0.05, 0.1) is 20.1 Å². The van der Waals surface area contributed by atoms with Crippen LogP contribution in [0.4, 0.5) is 0 Å². The number of aromatic nitrogens is 1. The molecule has 6 nitrogen and oxygen atoms in total. The lowest BCUT2D eigenvalue weighted by atomic mass is 10.4. The van der Waals surface area contributed by atoms with E-state index in [0.717, 1.165) is 12.5 Å². The molecule has 0 atom stereocenters. The first kappa shape index (κ1) is 15.1. The average Bonchev–Trinajstić information content (AvgIpc) is 2.79. The molecule has 106 valence electrons. The number of esters is 1. The van der Waals surface area contributed by atoms with Crippen LogP contribution in [0.2, 0.25) is 0 Å². The quantitative estimate of drug-likeness (QED) is 0.481. The summed E-state index contributed by atoms with van der Waals surface area (Å²) < 4.78 is 6.66. The van der Waals surface area contributed by atoms with Gasteiger partial charge in [-0.2, -0.15) is 0 Å². The molecule has 1 aromatic rings. The molecule has 0 aliphatic rings. The summed E-state index contributed by atoms with van der Waals surface area (Å²) in [6, 6.07) is 4.08. The van der Waals surface area contributed by atoms with E-state index in [4.69, 9.17) is 0 Å². The smallest absolute Gasteiger partial charge is 0.307 e. The predicted octanol–water partition coefficient (Wildman–Crippen LogP) is 0.595. The minimum absolute atomic E-state index is 0.229. The van der Waals surface area contributed by atoms with Crippen molar-refractivity contribution in [3.63, 3.8) is 0 Å². The number of ether oxygens (including phenoxy) is 1. The van der Waals surface area contributed by atoms with Crippen molar-refractivity contribution in [1.82, 2.24) is 14.8 Å². The monoisotopic (exact) mass is 266 g/mol. The first-order valence-corrected chi connectivity index (χ1v) is 6.17. The van der Waals surface area contributed by atoms with E-state index in [-0.39, 0.29) is 5.97 Å². The van der Waals surface area contributed by atoms with Gasteiger partial charge in [0.1, 0.15) is 0 Å². The molecule has 0 unspecified atom stereocenters. The van der Waals surface area contributed by atoms with Gasteiger partial charge in [0, 0.05) is 39.6 Å². The second-order valence-electron chi connectivity index (χ2n) is 4.27. The second kappa shape index (κ2) is 7.45. The van der Waals surface area contributed by atoms with Crippen LogP contribution in [0.15, 0.2) is 23.3 Å². The van der Waals surface area contributed by atoms with Gasteiger partial charge < -0.3 is 19.5 Å². The average molecular weight is 266 g/mol. The van der Waals surface area contributed by atoms with E-state index in [1.54, 1.807) is 7.05 Å². The van der Waals surface area contributed by atoms with Crippen molar-refractivity contribution in [3.05, 3.63) is 24.0 Å². The standard InChI is InChI=1S/C13H22N4O2/c1-14-13(15-8-7-12(18)19-4)17(3)10-11-6-5-9-16(11)2/h5-6,9H,7-8,10H2,1-4H3,(H,14,15). The summed E-state index contributed by atoms with van der Waals surface area (Å²) >= 11 is 0. The van der Waals surface area contributed by atoms with Crippen LogP contribution in [-0.4, -0.2) is 49.1 Å². The predicted molar refractivity (Wildman–Crippen MR) is 74.9 cm³/mol. The molecule has 0 saturated carbocycles. The zero-order valence-electron chi connectivity index (χ0n) is 12.0. The highest BCUT2D eigenvalue weighted by Gasteiger charge is 2.08. The number of carbonyl (C=O) groups excluding carboxylic acids is 1. The van der Waals surface area contributed by atoms with Gasteiger partial charge in [-0.1, -0.05) is 0 Å². The van der Waals surface area contributed by atoms with Crippen LogP contribution in [0.1, 0.15) is 12.1 Å². The SMILES string of the molecule is CN=C(NCCC(=O)OC)N(C)Cc1cccn1C. The number of nitrogens with one attached hydrogen (secondary N) is 1. The van der Waals surface area contributed by atoms with Gasteiger partial charge in [-0.3, -0.25) is 9.79 Å². The van der Waals surface area contributed by atoms with Crippen LogP contribution < -0.4 is 5.32 Å². The second-order valence-corrected chi connectivity index (χ2v) is 4.27. The highest BCUT2D eigenvalue weighted by Crippen LogP contribution is 2.03. The zero-order valence-corrected chi connectivity index (χ0v) is 12.0. The maximum atomic E-state index is 11.0. The van der Waals surface area contributed by atoms with Crippen LogP contribution in [-0.2, 0) is 23.1 Å². The minimum Gasteiger partial charge on any atom is -0.469 e. The highest BCUT2D eigenvalue weighted by atomic mass is 16.5. The summed E-state index contributed by atoms with van der Waals surface area (Å²) in [5.74, 6) is 0.526. The number of aryl methyl sites for hydroxylation is 1. The maximum absolute atomic E-state index is 11.0. The molecule has 0 saturated heterocycles. The van der Waals surface area contributed by atoms with Crippen LogP contribution in [0.3, 0.4) is 0 Å². The molecule has 0 aliphatic carbocycles. The lowest BCUT2D eigenvalue weighted by molar-refractivity contribution is -0.140. The van der Waals surface area contributed by atoms with Crippen molar-refractivity contribution in [2.24, 2.45) is 12.0 Å². The van der Waals surface area contributed by atoms with E-state index in [1.807, 2.05) is 31.3 Å². The van der Waals surface area contributed by atoms with Crippen LogP contribution in [0.5, 0.6) is 0 Å². The molecule has 0 fully saturated rings. The van der Waals surface area contributed by atoms with Gasteiger partial charge in [0.2, 0.25) is 0 Å². The van der Waals surface area contributed by atoms with E-state index < -0.39 is 0 Å². The van der Waals surface area contributed by atoms with Crippen molar-refractivity contribution in [2.45, 2.75) is 13.0 Å². The number of aliphatic imine (C=N–C) groups is 1. The Morgan fingerprint density at radius 2 is 2.32 bits per heavy atom. The topological polar surface area (TPSA) is 58.9 Å². The molecular weight excluding hydrogens is 244 g/mol. The molecule has 0 radical (unpaired) electrons. The Morgan fingerprint density at radius 3 is 2.84 bits per heavy atom. The van der Waals surface area contributed by atoms with Gasteiger partial charge in [0.15, 0.2) is 5.96 Å². The molecule has 19 heavy (non-hydrogen) atoms. The van der Waals surface area contributed by atoms with Crippen molar-refractivity contribution in [2.75, 3.05) is 27.7 Å². The first-order valence-electron chi connectivity index (χ1n) is 6.17. The Balaban J connectivity index is 2.46. The van der Waals surface area contributed by atoms with Crippen LogP contribution in [0, 0.1) is 0 Å². The Hall–Kier alpha value is -1.98. The molecular formula is C13H22N4O2. The molecule has 1 N–H and O–H groups in total. The van der Waals surface area contributed by atoms with Gasteiger partial charge >= 0.3 is 5.97 Å². The fraction of sp³-hybridized carbons (Fsp3) is 0.538. The molecule has 1 aromatic heterocycles. The number of rotatable bonds is 5. The normalized spacial score (nSPS) is 11.3. The number of guanidine groups is 1. The molecule has 1 rings (SSSR count). The fourth-order valence-electron chi connectivity index (χ4n) is 1.74. The molecule has 1 heterocycles. The lowest BCUT2D eigenvalue weighted by Gasteiger charge is -2.22. The van der Waals surface area contributed by atoms with Crippen molar-refractivity contribution in [3.8, 4) is 0 Å². The molecule has 0 spiro atoms. The molecule has 0 aliphatic heterocycles. The van der Waals surface area contributed by atoms with Crippen LogP contribution in [0.25, 0.3) is 0 Å². The summed E-state index contributed by atoms with van der Waals surface area (Å²) in [7, 11) is 7.08. The number of carbonyl (C=O) groups is 1. The van der Waals surface area contributed by atoms with E-state index in [2.05, 4.69) is 25.7 Å². The summed E-state index contributed by atoms with van der Waals surface area (Å²) in [4.78, 5) is 17.2. The van der Waals surface area contributed by atoms with Gasteiger partial charge in [-0.15, -0.1) is 0 Å². The number of nitrogens with zero attached hydrogens (tertiary/aromatic N) is 3. The van der Waals surface area contributed by atoms with Gasteiger partial charge in [0.25, 0.3) is 0 Å². The largest absolute Gasteiger partial charge is 0.469 e. The van der Waals surface area contributed by atoms with Crippen molar-refractivity contribution >= 4 is 11.9 Å². The molecule has 0 amide bonds. The van der Waals surface area contributed by atoms with Crippen molar-refractivity contribution in [1.29, 1.82) is 0 Å². The van der Waals surface area contributed by atoms with Crippen LogP contribution >= 0.6 is 0 Å². The maximum Gasteiger partial charge on any atom is 0.307 e. The first-order chi connectivity index (χ1) is 9.08. The number of hydrogen-bond acceptors (Lipinski definition) is 3. The number of methoxy groups -OCH3 is 1. The minimum atomic E-state index is -0.229. The highest BCUT2D eigenvalue weighted by molar-refractivity contribution is 5.80. The summed E-state index contributed by atoms with van der Waals surface area (Å²) in [5.41, 5.74) is 1.19. The lowest BCUT2D eigenvalue weighted by Crippen LogP contribution is -2.39. The Morgan fingerprint density at radius 1 is 1.58 bits per heavy atom. The third-order valence-electron chi connectivity index (χ3n) is 2.86. The molecule has 0 bridgehead atoms. The third-order valence-corrected chi connectivity index (χ3v) is 2.86. The van der Waals surface area contributed by atoms with E-state index in [0.29, 0.717) is 13.0 Å². The fourth-order valence-corrected chi connectivity index (χ4v) is 1.74. The summed E-state index contributed by atoms with van der Waals surface area (Å²) in [6.07, 6.45) is 2.34. The van der Waals surface area contributed by atoms with Gasteiger partial charge in [-0.05, 0) is 12.1 Å². The van der Waals surface area contributed by atoms with E-state index in [1.165, 1.54) is 12.8 Å². The van der Waals surface area contributed by atoms with Gasteiger partial charge in [-0.25, -0.2) is 0 Å². The zero-order chi connectivity index (χ0) is 14.3. The molecule has 0 aromatic carbocycles. The third kappa shape index (κ3) is 4.65. The van der Waals surface area contributed by atoms with E-state index in [9.17, 15) is 4.79 Å². The van der Waals surface area contributed by atoms with Crippen molar-refractivity contribution < 1.29 is 9.53 Å². The molecule has 6 heteroatoms. The Bertz CT molecular complexity index is 440.